The van der Waals surface area contributed by atoms with E-state index in [0.717, 1.165) is 11.1 Å². The second-order valence-corrected chi connectivity index (χ2v) is 6.13. The van der Waals surface area contributed by atoms with Gasteiger partial charge in [-0.2, -0.15) is 0 Å². The Bertz CT molecular complexity index is 806. The van der Waals surface area contributed by atoms with Crippen molar-refractivity contribution < 1.29 is 19.1 Å². The summed E-state index contributed by atoms with van der Waals surface area (Å²) in [6.07, 6.45) is 0. The van der Waals surface area contributed by atoms with Gasteiger partial charge in [-0.15, -0.1) is 0 Å². The van der Waals surface area contributed by atoms with Gasteiger partial charge < -0.3 is 19.7 Å². The molecule has 0 saturated carbocycles. The maximum Gasteiger partial charge on any atom is 0.261 e. The van der Waals surface area contributed by atoms with E-state index >= 15 is 0 Å². The first-order chi connectivity index (χ1) is 12.6. The Morgan fingerprint density at radius 3 is 2.69 bits per heavy atom. The van der Waals surface area contributed by atoms with Gasteiger partial charge in [-0.05, 0) is 24.6 Å². The summed E-state index contributed by atoms with van der Waals surface area (Å²) < 4.78 is 10.9. The second kappa shape index (κ2) is 7.91. The number of ether oxygens (including phenoxy) is 2. The lowest BCUT2D eigenvalue weighted by atomic mass is 10.0. The van der Waals surface area contributed by atoms with Crippen molar-refractivity contribution in [2.75, 3.05) is 26.8 Å². The first-order valence-corrected chi connectivity index (χ1v) is 8.49. The summed E-state index contributed by atoms with van der Waals surface area (Å²) in [6.45, 7) is 2.68. The van der Waals surface area contributed by atoms with Gasteiger partial charge >= 0.3 is 0 Å². The SMILES string of the molecule is COc1ccccc1OCC(=O)N1CCNC(=O)C1c1cccc(C)c1. The number of amides is 2. The van der Waals surface area contributed by atoms with Crippen LogP contribution in [0.5, 0.6) is 11.5 Å². The van der Waals surface area contributed by atoms with Crippen molar-refractivity contribution in [1.29, 1.82) is 0 Å². The molecule has 3 rings (SSSR count). The van der Waals surface area contributed by atoms with Crippen LogP contribution in [-0.4, -0.2) is 43.5 Å². The lowest BCUT2D eigenvalue weighted by Gasteiger charge is -2.35. The number of hydrogen-bond donors (Lipinski definition) is 1. The molecular weight excluding hydrogens is 332 g/mol. The van der Waals surface area contributed by atoms with E-state index in [2.05, 4.69) is 5.32 Å². The van der Waals surface area contributed by atoms with Crippen molar-refractivity contribution in [3.05, 3.63) is 59.7 Å². The van der Waals surface area contributed by atoms with Gasteiger partial charge in [-0.1, -0.05) is 42.0 Å². The number of nitrogens with one attached hydrogen (secondary N) is 1. The minimum atomic E-state index is -0.641. The number of hydrogen-bond acceptors (Lipinski definition) is 4. The molecule has 26 heavy (non-hydrogen) atoms. The smallest absolute Gasteiger partial charge is 0.261 e. The Kier molecular flexibility index (Phi) is 5.41. The van der Waals surface area contributed by atoms with Gasteiger partial charge in [0.2, 0.25) is 5.91 Å². The van der Waals surface area contributed by atoms with E-state index in [4.69, 9.17) is 9.47 Å². The summed E-state index contributed by atoms with van der Waals surface area (Å²) in [4.78, 5) is 26.8. The van der Waals surface area contributed by atoms with Gasteiger partial charge in [0, 0.05) is 13.1 Å². The maximum absolute atomic E-state index is 12.8. The molecule has 1 saturated heterocycles. The van der Waals surface area contributed by atoms with Crippen LogP contribution in [-0.2, 0) is 9.59 Å². The van der Waals surface area contributed by atoms with Crippen LogP contribution < -0.4 is 14.8 Å². The first kappa shape index (κ1) is 17.8. The van der Waals surface area contributed by atoms with E-state index in [1.54, 1.807) is 24.1 Å². The highest BCUT2D eigenvalue weighted by Crippen LogP contribution is 2.27. The number of nitrogens with zero attached hydrogens (tertiary/aromatic N) is 1. The highest BCUT2D eigenvalue weighted by molar-refractivity contribution is 5.90. The number of carbonyl (C=O) groups is 2. The molecule has 1 N–H and O–H groups in total. The fraction of sp³-hybridized carbons (Fsp3) is 0.300. The average molecular weight is 354 g/mol. The number of benzene rings is 2. The monoisotopic (exact) mass is 354 g/mol. The molecule has 1 aliphatic heterocycles. The van der Waals surface area contributed by atoms with E-state index in [1.807, 2.05) is 43.3 Å². The van der Waals surface area contributed by atoms with E-state index in [1.165, 1.54) is 0 Å². The van der Waals surface area contributed by atoms with Crippen LogP contribution in [0, 0.1) is 6.92 Å². The Morgan fingerprint density at radius 1 is 1.19 bits per heavy atom. The number of para-hydroxylation sites is 2. The van der Waals surface area contributed by atoms with Gasteiger partial charge in [0.25, 0.3) is 5.91 Å². The molecule has 6 heteroatoms. The number of piperazine rings is 1. The molecule has 2 amide bonds. The number of aryl methyl sites for hydroxylation is 1. The van der Waals surface area contributed by atoms with E-state index in [9.17, 15) is 9.59 Å². The van der Waals surface area contributed by atoms with Crippen molar-refractivity contribution >= 4 is 11.8 Å². The van der Waals surface area contributed by atoms with Gasteiger partial charge in [-0.3, -0.25) is 9.59 Å². The summed E-state index contributed by atoms with van der Waals surface area (Å²) in [7, 11) is 1.55. The zero-order valence-electron chi connectivity index (χ0n) is 14.9. The molecule has 1 unspecified atom stereocenters. The number of rotatable bonds is 5. The quantitative estimate of drug-likeness (QED) is 0.893. The molecule has 0 aromatic heterocycles. The van der Waals surface area contributed by atoms with E-state index < -0.39 is 6.04 Å². The lowest BCUT2D eigenvalue weighted by molar-refractivity contribution is -0.145. The highest BCUT2D eigenvalue weighted by atomic mass is 16.5. The lowest BCUT2D eigenvalue weighted by Crippen LogP contribution is -2.53. The molecule has 0 radical (unpaired) electrons. The molecule has 1 heterocycles. The fourth-order valence-corrected chi connectivity index (χ4v) is 3.07. The van der Waals surface area contributed by atoms with Crippen molar-refractivity contribution in [3.63, 3.8) is 0 Å². The molecule has 1 atom stereocenters. The summed E-state index contributed by atoms with van der Waals surface area (Å²) in [5.41, 5.74) is 1.84. The average Bonchev–Trinajstić information content (AvgIpc) is 2.66. The largest absolute Gasteiger partial charge is 0.493 e. The fourth-order valence-electron chi connectivity index (χ4n) is 3.07. The van der Waals surface area contributed by atoms with Gasteiger partial charge in [-0.25, -0.2) is 0 Å². The summed E-state index contributed by atoms with van der Waals surface area (Å²) >= 11 is 0. The predicted molar refractivity (Wildman–Crippen MR) is 97.1 cm³/mol. The van der Waals surface area contributed by atoms with Crippen LogP contribution in [0.25, 0.3) is 0 Å². The maximum atomic E-state index is 12.8. The Labute approximate surface area is 152 Å². The molecular formula is C20H22N2O4. The van der Waals surface area contributed by atoms with Gasteiger partial charge in [0.1, 0.15) is 6.04 Å². The van der Waals surface area contributed by atoms with E-state index in [0.29, 0.717) is 24.6 Å². The molecule has 0 bridgehead atoms. The van der Waals surface area contributed by atoms with Crippen molar-refractivity contribution in [3.8, 4) is 11.5 Å². The summed E-state index contributed by atoms with van der Waals surface area (Å²) in [5, 5.41) is 2.83. The zero-order chi connectivity index (χ0) is 18.5. The first-order valence-electron chi connectivity index (χ1n) is 8.49. The molecule has 1 aliphatic rings. The van der Waals surface area contributed by atoms with Crippen LogP contribution in [0.15, 0.2) is 48.5 Å². The Hall–Kier alpha value is -3.02. The van der Waals surface area contributed by atoms with Crippen molar-refractivity contribution in [2.24, 2.45) is 0 Å². The molecule has 2 aromatic carbocycles. The zero-order valence-corrected chi connectivity index (χ0v) is 14.9. The number of methoxy groups -OCH3 is 1. The Balaban J connectivity index is 1.76. The van der Waals surface area contributed by atoms with Crippen LogP contribution >= 0.6 is 0 Å². The standard InChI is InChI=1S/C20H22N2O4/c1-14-6-5-7-15(12-14)19-20(24)21-10-11-22(19)18(23)13-26-17-9-4-3-8-16(17)25-2/h3-9,12,19H,10-11,13H2,1-2H3,(H,21,24). The third-order valence-electron chi connectivity index (χ3n) is 4.31. The molecule has 0 spiro atoms. The minimum Gasteiger partial charge on any atom is -0.493 e. The van der Waals surface area contributed by atoms with Gasteiger partial charge in [0.05, 0.1) is 7.11 Å². The van der Waals surface area contributed by atoms with Crippen LogP contribution in [0.2, 0.25) is 0 Å². The van der Waals surface area contributed by atoms with E-state index in [-0.39, 0.29) is 18.4 Å². The van der Waals surface area contributed by atoms with Crippen LogP contribution in [0.4, 0.5) is 0 Å². The highest BCUT2D eigenvalue weighted by Gasteiger charge is 2.34. The summed E-state index contributed by atoms with van der Waals surface area (Å²) in [5.74, 6) is 0.647. The molecule has 2 aromatic rings. The number of carbonyl (C=O) groups excluding carboxylic acids is 2. The van der Waals surface area contributed by atoms with Crippen LogP contribution in [0.1, 0.15) is 17.2 Å². The second-order valence-electron chi connectivity index (χ2n) is 6.13. The van der Waals surface area contributed by atoms with Crippen LogP contribution in [0.3, 0.4) is 0 Å². The molecule has 136 valence electrons. The van der Waals surface area contributed by atoms with Crippen molar-refractivity contribution in [1.82, 2.24) is 10.2 Å². The molecule has 0 aliphatic carbocycles. The minimum absolute atomic E-state index is 0.157. The summed E-state index contributed by atoms with van der Waals surface area (Å²) in [6, 6.07) is 14.2. The molecule has 6 nitrogen and oxygen atoms in total. The van der Waals surface area contributed by atoms with Crippen molar-refractivity contribution in [2.45, 2.75) is 13.0 Å². The molecule has 1 fully saturated rings. The predicted octanol–water partition coefficient (Wildman–Crippen LogP) is 2.08. The third kappa shape index (κ3) is 3.79. The topological polar surface area (TPSA) is 67.9 Å². The third-order valence-corrected chi connectivity index (χ3v) is 4.31. The van der Waals surface area contributed by atoms with Gasteiger partial charge in [0.15, 0.2) is 18.1 Å². The Morgan fingerprint density at radius 2 is 1.96 bits per heavy atom. The normalized spacial score (nSPS) is 16.8.